The number of nitrogens with two attached hydrogens (primary N) is 1. The number of likely N-dealkylation sites (N-methyl/N-ethyl adjacent to an activating group) is 1. The number of ether oxygens (including phenoxy) is 1. The summed E-state index contributed by atoms with van der Waals surface area (Å²) in [5, 5.41) is 3.11. The van der Waals surface area contributed by atoms with Crippen LogP contribution in [0, 0.1) is 6.92 Å². The van der Waals surface area contributed by atoms with Gasteiger partial charge in [0.25, 0.3) is 5.91 Å². The largest absolute Gasteiger partial charge is 0.373 e. The molecule has 1 aliphatic rings. The standard InChI is InChI=1S/C14H21N3O2/c1-10-3-4-12(14(15)18)13(7-10)17-5-6-19-11(9-17)8-16-2/h3-4,7,11,16H,5-6,8-9H2,1-2H3,(H2,15,18). The van der Waals surface area contributed by atoms with Crippen molar-refractivity contribution in [2.75, 3.05) is 38.2 Å². The maximum atomic E-state index is 11.5. The number of morpholine rings is 1. The lowest BCUT2D eigenvalue weighted by Gasteiger charge is -2.35. The summed E-state index contributed by atoms with van der Waals surface area (Å²) in [4.78, 5) is 13.7. The summed E-state index contributed by atoms with van der Waals surface area (Å²) in [6.45, 7) is 5.03. The molecule has 0 radical (unpaired) electrons. The van der Waals surface area contributed by atoms with Crippen LogP contribution in [0.5, 0.6) is 0 Å². The normalized spacial score (nSPS) is 19.5. The van der Waals surface area contributed by atoms with Gasteiger partial charge in [-0.05, 0) is 31.7 Å². The number of nitrogens with zero attached hydrogens (tertiary/aromatic N) is 1. The molecule has 2 rings (SSSR count). The predicted molar refractivity (Wildman–Crippen MR) is 75.6 cm³/mol. The van der Waals surface area contributed by atoms with Gasteiger partial charge >= 0.3 is 0 Å². The minimum atomic E-state index is -0.383. The molecule has 1 unspecified atom stereocenters. The van der Waals surface area contributed by atoms with Gasteiger partial charge in [-0.25, -0.2) is 0 Å². The van der Waals surface area contributed by atoms with Crippen LogP contribution in [0.3, 0.4) is 0 Å². The van der Waals surface area contributed by atoms with E-state index in [9.17, 15) is 4.79 Å². The molecule has 5 heteroatoms. The van der Waals surface area contributed by atoms with Crippen molar-refractivity contribution in [3.63, 3.8) is 0 Å². The highest BCUT2D eigenvalue weighted by Crippen LogP contribution is 2.24. The first-order valence-electron chi connectivity index (χ1n) is 6.53. The number of hydrogen-bond donors (Lipinski definition) is 2. The third kappa shape index (κ3) is 3.24. The molecular weight excluding hydrogens is 242 g/mol. The highest BCUT2D eigenvalue weighted by molar-refractivity contribution is 5.98. The van der Waals surface area contributed by atoms with Crippen LogP contribution in [0.4, 0.5) is 5.69 Å². The number of rotatable bonds is 4. The number of carbonyl (C=O) groups excluding carboxylic acids is 1. The summed E-state index contributed by atoms with van der Waals surface area (Å²) < 4.78 is 5.68. The van der Waals surface area contributed by atoms with Crippen molar-refractivity contribution in [2.24, 2.45) is 5.73 Å². The molecule has 0 aromatic heterocycles. The highest BCUT2D eigenvalue weighted by atomic mass is 16.5. The van der Waals surface area contributed by atoms with Crippen LogP contribution in [-0.2, 0) is 4.74 Å². The van der Waals surface area contributed by atoms with Gasteiger partial charge in [0, 0.05) is 25.3 Å². The Morgan fingerprint density at radius 2 is 2.37 bits per heavy atom. The molecule has 1 aliphatic heterocycles. The number of primary amides is 1. The van der Waals surface area contributed by atoms with Crippen LogP contribution >= 0.6 is 0 Å². The van der Waals surface area contributed by atoms with E-state index in [-0.39, 0.29) is 12.0 Å². The summed E-state index contributed by atoms with van der Waals surface area (Å²) in [6, 6.07) is 5.73. The highest BCUT2D eigenvalue weighted by Gasteiger charge is 2.23. The smallest absolute Gasteiger partial charge is 0.250 e. The van der Waals surface area contributed by atoms with Gasteiger partial charge in [0.15, 0.2) is 0 Å². The van der Waals surface area contributed by atoms with Crippen LogP contribution in [-0.4, -0.2) is 45.3 Å². The summed E-state index contributed by atoms with van der Waals surface area (Å²) in [6.07, 6.45) is 0.139. The number of amides is 1. The van der Waals surface area contributed by atoms with Crippen molar-refractivity contribution >= 4 is 11.6 Å². The van der Waals surface area contributed by atoms with Gasteiger partial charge in [-0.2, -0.15) is 0 Å². The molecule has 1 saturated heterocycles. The number of nitrogens with one attached hydrogen (secondary N) is 1. The molecular formula is C14H21N3O2. The molecule has 3 N–H and O–H groups in total. The quantitative estimate of drug-likeness (QED) is 0.831. The summed E-state index contributed by atoms with van der Waals surface area (Å²) in [7, 11) is 1.91. The van der Waals surface area contributed by atoms with Crippen LogP contribution in [0.2, 0.25) is 0 Å². The number of carbonyl (C=O) groups is 1. The van der Waals surface area contributed by atoms with Gasteiger partial charge in [0.2, 0.25) is 0 Å². The van der Waals surface area contributed by atoms with Crippen molar-refractivity contribution in [3.8, 4) is 0 Å². The number of benzene rings is 1. The minimum absolute atomic E-state index is 0.139. The summed E-state index contributed by atoms with van der Waals surface area (Å²) in [5.74, 6) is -0.383. The molecule has 0 spiro atoms. The molecule has 0 saturated carbocycles. The molecule has 1 fully saturated rings. The van der Waals surface area contributed by atoms with Crippen LogP contribution < -0.4 is 16.0 Å². The Balaban J connectivity index is 2.24. The second-order valence-electron chi connectivity index (χ2n) is 4.88. The third-order valence-electron chi connectivity index (χ3n) is 3.33. The maximum Gasteiger partial charge on any atom is 0.250 e. The Bertz CT molecular complexity index is 460. The van der Waals surface area contributed by atoms with E-state index in [2.05, 4.69) is 10.2 Å². The first-order valence-corrected chi connectivity index (χ1v) is 6.53. The fraction of sp³-hybridized carbons (Fsp3) is 0.500. The van der Waals surface area contributed by atoms with E-state index in [0.717, 1.165) is 30.9 Å². The van der Waals surface area contributed by atoms with E-state index in [1.165, 1.54) is 0 Å². The van der Waals surface area contributed by atoms with Crippen molar-refractivity contribution < 1.29 is 9.53 Å². The monoisotopic (exact) mass is 263 g/mol. The van der Waals surface area contributed by atoms with Crippen molar-refractivity contribution in [3.05, 3.63) is 29.3 Å². The Morgan fingerprint density at radius 1 is 1.58 bits per heavy atom. The molecule has 5 nitrogen and oxygen atoms in total. The molecule has 1 aromatic carbocycles. The zero-order chi connectivity index (χ0) is 13.8. The first-order chi connectivity index (χ1) is 9.11. The zero-order valence-corrected chi connectivity index (χ0v) is 11.5. The molecule has 0 bridgehead atoms. The minimum Gasteiger partial charge on any atom is -0.373 e. The SMILES string of the molecule is CNCC1CN(c2cc(C)ccc2C(N)=O)CCO1. The summed E-state index contributed by atoms with van der Waals surface area (Å²) >= 11 is 0. The first kappa shape index (κ1) is 13.8. The molecule has 104 valence electrons. The lowest BCUT2D eigenvalue weighted by Crippen LogP contribution is -2.46. The number of aryl methyl sites for hydroxylation is 1. The predicted octanol–water partition coefficient (Wildman–Crippen LogP) is 0.519. The van der Waals surface area contributed by atoms with Crippen LogP contribution in [0.25, 0.3) is 0 Å². The Labute approximate surface area is 113 Å². The van der Waals surface area contributed by atoms with Gasteiger partial charge in [-0.3, -0.25) is 4.79 Å². The maximum absolute atomic E-state index is 11.5. The van der Waals surface area contributed by atoms with Gasteiger partial charge < -0.3 is 20.7 Å². The van der Waals surface area contributed by atoms with Crippen LogP contribution in [0.1, 0.15) is 15.9 Å². The lowest BCUT2D eigenvalue weighted by atomic mass is 10.1. The average molecular weight is 263 g/mol. The zero-order valence-electron chi connectivity index (χ0n) is 11.5. The fourth-order valence-corrected chi connectivity index (χ4v) is 2.40. The Morgan fingerprint density at radius 3 is 3.05 bits per heavy atom. The summed E-state index contributed by atoms with van der Waals surface area (Å²) in [5.41, 5.74) is 8.07. The average Bonchev–Trinajstić information content (AvgIpc) is 2.39. The molecule has 1 amide bonds. The van der Waals surface area contributed by atoms with E-state index < -0.39 is 0 Å². The molecule has 1 aromatic rings. The van der Waals surface area contributed by atoms with Gasteiger partial charge in [0.1, 0.15) is 0 Å². The fourth-order valence-electron chi connectivity index (χ4n) is 2.40. The van der Waals surface area contributed by atoms with Crippen molar-refractivity contribution in [1.29, 1.82) is 0 Å². The van der Waals surface area contributed by atoms with Gasteiger partial charge in [-0.15, -0.1) is 0 Å². The number of anilines is 1. The van der Waals surface area contributed by atoms with Crippen molar-refractivity contribution in [1.82, 2.24) is 5.32 Å². The van der Waals surface area contributed by atoms with Crippen LogP contribution in [0.15, 0.2) is 18.2 Å². The lowest BCUT2D eigenvalue weighted by molar-refractivity contribution is 0.0421. The molecule has 1 atom stereocenters. The van der Waals surface area contributed by atoms with Gasteiger partial charge in [0.05, 0.1) is 18.3 Å². The second kappa shape index (κ2) is 6.04. The van der Waals surface area contributed by atoms with Gasteiger partial charge in [-0.1, -0.05) is 6.07 Å². The Kier molecular flexibility index (Phi) is 4.39. The third-order valence-corrected chi connectivity index (χ3v) is 3.33. The molecule has 0 aliphatic carbocycles. The number of hydrogen-bond acceptors (Lipinski definition) is 4. The van der Waals surface area contributed by atoms with E-state index in [1.807, 2.05) is 26.1 Å². The van der Waals surface area contributed by atoms with E-state index in [1.54, 1.807) is 6.07 Å². The second-order valence-corrected chi connectivity index (χ2v) is 4.88. The van der Waals surface area contributed by atoms with E-state index >= 15 is 0 Å². The molecule has 1 heterocycles. The molecule has 19 heavy (non-hydrogen) atoms. The van der Waals surface area contributed by atoms with E-state index in [4.69, 9.17) is 10.5 Å². The van der Waals surface area contributed by atoms with Crippen molar-refractivity contribution in [2.45, 2.75) is 13.0 Å². The van der Waals surface area contributed by atoms with E-state index in [0.29, 0.717) is 12.2 Å². The Hall–Kier alpha value is -1.59. The topological polar surface area (TPSA) is 67.6 Å².